The van der Waals surface area contributed by atoms with E-state index >= 15 is 0 Å². The van der Waals surface area contributed by atoms with Crippen molar-refractivity contribution < 1.29 is 29.1 Å². The minimum atomic E-state index is -0.866. The summed E-state index contributed by atoms with van der Waals surface area (Å²) in [6.45, 7) is 4.27. The highest BCUT2D eigenvalue weighted by molar-refractivity contribution is 5.94. The monoisotopic (exact) mass is 648 g/mol. The number of nitrogens with one attached hydrogen (secondary N) is 2. The number of carboxylic acid groups (broad SMARTS) is 1. The van der Waals surface area contributed by atoms with Crippen molar-refractivity contribution in [1.29, 1.82) is 0 Å². The van der Waals surface area contributed by atoms with Gasteiger partial charge < -0.3 is 27.2 Å². The molecule has 2 aromatic carbocycles. The van der Waals surface area contributed by atoms with Gasteiger partial charge in [-0.2, -0.15) is 0 Å². The standard InChI is InChI=1S/C37H52N4O6/c1-24(2)18-32(34(43)22-27(14-9-17-38)35(44)40-30-16-15-28(21-30)37(46)47)41-36(45)29(19-25-10-5-3-6-11-25)23-33(42)31(39)20-26-12-7-4-8-13-26/h3-8,10-13,24,27-32H,9,14-23,38-39H2,1-2H3,(H,40,44)(H,41,45)(H,46,47)/t27-,28-,29-,30-,31+,32+/m0/s1. The molecular weight excluding hydrogens is 596 g/mol. The van der Waals surface area contributed by atoms with Crippen LogP contribution in [0.15, 0.2) is 60.7 Å². The molecule has 1 aliphatic carbocycles. The number of hydrogen-bond donors (Lipinski definition) is 5. The maximum atomic E-state index is 13.9. The highest BCUT2D eigenvalue weighted by Gasteiger charge is 2.34. The van der Waals surface area contributed by atoms with Gasteiger partial charge in [-0.25, -0.2) is 0 Å². The fourth-order valence-electron chi connectivity index (χ4n) is 6.30. The number of benzene rings is 2. The lowest BCUT2D eigenvalue weighted by atomic mass is 9.88. The molecule has 1 saturated carbocycles. The third-order valence-corrected chi connectivity index (χ3v) is 8.97. The van der Waals surface area contributed by atoms with Crippen molar-refractivity contribution in [2.24, 2.45) is 35.1 Å². The highest BCUT2D eigenvalue weighted by Crippen LogP contribution is 2.27. The summed E-state index contributed by atoms with van der Waals surface area (Å²) < 4.78 is 0. The van der Waals surface area contributed by atoms with E-state index in [1.165, 1.54) is 0 Å². The van der Waals surface area contributed by atoms with Crippen molar-refractivity contribution in [3.8, 4) is 0 Å². The number of aliphatic carboxylic acids is 1. The molecular formula is C37H52N4O6. The van der Waals surface area contributed by atoms with Crippen molar-refractivity contribution >= 4 is 29.4 Å². The number of carbonyl (C=O) groups excluding carboxylic acids is 4. The van der Waals surface area contributed by atoms with Crippen molar-refractivity contribution in [2.75, 3.05) is 6.54 Å². The van der Waals surface area contributed by atoms with Gasteiger partial charge in [-0.3, -0.25) is 24.0 Å². The molecule has 2 aromatic rings. The molecule has 0 unspecified atom stereocenters. The van der Waals surface area contributed by atoms with E-state index in [2.05, 4.69) is 10.6 Å². The van der Waals surface area contributed by atoms with E-state index in [4.69, 9.17) is 11.5 Å². The van der Waals surface area contributed by atoms with Gasteiger partial charge >= 0.3 is 5.97 Å². The Hall–Kier alpha value is -3.89. The molecule has 10 nitrogen and oxygen atoms in total. The minimum Gasteiger partial charge on any atom is -0.481 e. The molecule has 3 rings (SSSR count). The maximum absolute atomic E-state index is 13.9. The van der Waals surface area contributed by atoms with Crippen LogP contribution in [0.4, 0.5) is 0 Å². The minimum absolute atomic E-state index is 0.0699. The first kappa shape index (κ1) is 37.6. The van der Waals surface area contributed by atoms with E-state index < -0.39 is 41.7 Å². The van der Waals surface area contributed by atoms with Gasteiger partial charge in [-0.05, 0) is 75.0 Å². The van der Waals surface area contributed by atoms with Crippen LogP contribution in [0.5, 0.6) is 0 Å². The van der Waals surface area contributed by atoms with Crippen molar-refractivity contribution in [1.82, 2.24) is 10.6 Å². The van der Waals surface area contributed by atoms with Crippen LogP contribution in [-0.2, 0) is 36.8 Å². The van der Waals surface area contributed by atoms with E-state index in [1.807, 2.05) is 74.5 Å². The third kappa shape index (κ3) is 12.7. The van der Waals surface area contributed by atoms with Crippen LogP contribution in [0.1, 0.15) is 76.3 Å². The second-order valence-electron chi connectivity index (χ2n) is 13.4. The Morgan fingerprint density at radius 1 is 0.830 bits per heavy atom. The van der Waals surface area contributed by atoms with Gasteiger partial charge in [0.1, 0.15) is 0 Å². The normalized spacial score (nSPS) is 18.6. The quantitative estimate of drug-likeness (QED) is 0.144. The number of rotatable bonds is 20. The molecule has 256 valence electrons. The van der Waals surface area contributed by atoms with E-state index in [1.54, 1.807) is 0 Å². The Morgan fingerprint density at radius 3 is 1.98 bits per heavy atom. The fraction of sp³-hybridized carbons (Fsp3) is 0.541. The van der Waals surface area contributed by atoms with Crippen LogP contribution in [0.2, 0.25) is 0 Å². The molecule has 0 radical (unpaired) electrons. The summed E-state index contributed by atoms with van der Waals surface area (Å²) in [6, 6.07) is 17.0. The Labute approximate surface area is 278 Å². The van der Waals surface area contributed by atoms with Crippen molar-refractivity contribution in [2.45, 2.75) is 96.2 Å². The Balaban J connectivity index is 1.73. The average molecular weight is 649 g/mol. The van der Waals surface area contributed by atoms with Crippen LogP contribution in [0, 0.1) is 23.7 Å². The van der Waals surface area contributed by atoms with E-state index in [9.17, 15) is 29.1 Å². The van der Waals surface area contributed by atoms with Gasteiger partial charge in [0, 0.05) is 30.7 Å². The predicted octanol–water partition coefficient (Wildman–Crippen LogP) is 3.59. The molecule has 0 heterocycles. The fourth-order valence-corrected chi connectivity index (χ4v) is 6.30. The third-order valence-electron chi connectivity index (χ3n) is 8.97. The molecule has 0 aliphatic heterocycles. The van der Waals surface area contributed by atoms with E-state index in [-0.39, 0.29) is 42.3 Å². The number of nitrogens with two attached hydrogens (primary N) is 2. The summed E-state index contributed by atoms with van der Waals surface area (Å²) in [5, 5.41) is 15.3. The SMILES string of the molecule is CC(C)C[C@@H](NC(=O)[C@H](CC(=O)[C@H](N)Cc1ccccc1)Cc1ccccc1)C(=O)C[C@H](CCCN)C(=O)N[C@H]1CC[C@H](C(=O)O)C1. The first-order valence-electron chi connectivity index (χ1n) is 16.9. The summed E-state index contributed by atoms with van der Waals surface area (Å²) in [7, 11) is 0. The Bertz CT molecular complexity index is 1320. The van der Waals surface area contributed by atoms with Gasteiger partial charge in [0.05, 0.1) is 18.0 Å². The largest absolute Gasteiger partial charge is 0.481 e. The summed E-state index contributed by atoms with van der Waals surface area (Å²) in [6.07, 6.45) is 3.26. The zero-order chi connectivity index (χ0) is 34.3. The topological polar surface area (TPSA) is 182 Å². The predicted molar refractivity (Wildman–Crippen MR) is 181 cm³/mol. The number of carbonyl (C=O) groups is 5. The van der Waals surface area contributed by atoms with Crippen LogP contribution in [-0.4, -0.2) is 59.1 Å². The summed E-state index contributed by atoms with van der Waals surface area (Å²) >= 11 is 0. The second-order valence-corrected chi connectivity index (χ2v) is 13.4. The molecule has 6 atom stereocenters. The number of carboxylic acids is 1. The van der Waals surface area contributed by atoms with Crippen LogP contribution in [0.25, 0.3) is 0 Å². The lowest BCUT2D eigenvalue weighted by Gasteiger charge is -2.26. The van der Waals surface area contributed by atoms with E-state index in [0.717, 1.165) is 11.1 Å². The van der Waals surface area contributed by atoms with Gasteiger partial charge in [-0.15, -0.1) is 0 Å². The molecule has 0 spiro atoms. The molecule has 0 aromatic heterocycles. The van der Waals surface area contributed by atoms with Crippen LogP contribution in [0.3, 0.4) is 0 Å². The van der Waals surface area contributed by atoms with Gasteiger partial charge in [0.25, 0.3) is 0 Å². The number of amides is 2. The van der Waals surface area contributed by atoms with Gasteiger partial charge in [0.2, 0.25) is 11.8 Å². The van der Waals surface area contributed by atoms with Crippen LogP contribution < -0.4 is 22.1 Å². The molecule has 0 bridgehead atoms. The summed E-state index contributed by atoms with van der Waals surface area (Å²) in [5.74, 6) is -3.86. The molecule has 10 heteroatoms. The zero-order valence-electron chi connectivity index (χ0n) is 27.7. The van der Waals surface area contributed by atoms with Gasteiger partial charge in [0.15, 0.2) is 11.6 Å². The lowest BCUT2D eigenvalue weighted by Crippen LogP contribution is -2.47. The van der Waals surface area contributed by atoms with Crippen LogP contribution >= 0.6 is 0 Å². The molecule has 7 N–H and O–H groups in total. The maximum Gasteiger partial charge on any atom is 0.306 e. The first-order chi connectivity index (χ1) is 22.5. The first-order valence-corrected chi connectivity index (χ1v) is 16.9. The molecule has 47 heavy (non-hydrogen) atoms. The second kappa shape index (κ2) is 19.1. The summed E-state index contributed by atoms with van der Waals surface area (Å²) in [5.41, 5.74) is 13.9. The summed E-state index contributed by atoms with van der Waals surface area (Å²) in [4.78, 5) is 65.7. The zero-order valence-corrected chi connectivity index (χ0v) is 27.7. The number of Topliss-reactive ketones (excluding diaryl/α,β-unsaturated/α-hetero) is 2. The number of ketones is 2. The molecule has 2 amide bonds. The molecule has 1 aliphatic rings. The highest BCUT2D eigenvalue weighted by atomic mass is 16.4. The average Bonchev–Trinajstić information content (AvgIpc) is 3.51. The van der Waals surface area contributed by atoms with Crippen molar-refractivity contribution in [3.63, 3.8) is 0 Å². The Morgan fingerprint density at radius 2 is 1.43 bits per heavy atom. The number of hydrogen-bond acceptors (Lipinski definition) is 7. The lowest BCUT2D eigenvalue weighted by molar-refractivity contribution is -0.141. The van der Waals surface area contributed by atoms with Gasteiger partial charge in [-0.1, -0.05) is 74.5 Å². The molecule has 1 fully saturated rings. The molecule has 0 saturated heterocycles. The van der Waals surface area contributed by atoms with E-state index in [0.29, 0.717) is 57.9 Å². The Kier molecular flexibility index (Phi) is 15.2. The van der Waals surface area contributed by atoms with Crippen molar-refractivity contribution in [3.05, 3.63) is 71.8 Å². The smallest absolute Gasteiger partial charge is 0.306 e.